The van der Waals surface area contributed by atoms with E-state index in [1.807, 2.05) is 12.2 Å². The zero-order chi connectivity index (χ0) is 27.6. The number of rotatable bonds is 17. The summed E-state index contributed by atoms with van der Waals surface area (Å²) in [7, 11) is -5.98. The molecule has 1 rings (SSSR count). The third-order valence-corrected chi connectivity index (χ3v) is 16.3. The quantitative estimate of drug-likeness (QED) is 0.0966. The lowest BCUT2D eigenvalue weighted by Crippen LogP contribution is -2.57. The van der Waals surface area contributed by atoms with Gasteiger partial charge in [0.1, 0.15) is 0 Å². The fraction of sp³-hybridized carbons (Fsp3) is 0.846. The molecular formula is C26H52O7Si3. The maximum atomic E-state index is 12.4. The summed E-state index contributed by atoms with van der Waals surface area (Å²) < 4.78 is 25.2. The fourth-order valence-corrected chi connectivity index (χ4v) is 13.9. The van der Waals surface area contributed by atoms with E-state index in [2.05, 4.69) is 60.1 Å². The first-order valence-electron chi connectivity index (χ1n) is 13.7. The predicted octanol–water partition coefficient (Wildman–Crippen LogP) is 6.30. The Morgan fingerprint density at radius 1 is 0.917 bits per heavy atom. The van der Waals surface area contributed by atoms with Gasteiger partial charge in [-0.1, -0.05) is 38.8 Å². The van der Waals surface area contributed by atoms with Crippen molar-refractivity contribution in [3.8, 4) is 0 Å². The number of ether oxygens (including phenoxy) is 1. The highest BCUT2D eigenvalue weighted by atomic mass is 28.4. The highest BCUT2D eigenvalue weighted by molar-refractivity contribution is 6.78. The molecule has 1 aliphatic rings. The zero-order valence-corrected chi connectivity index (χ0v) is 27.2. The van der Waals surface area contributed by atoms with Gasteiger partial charge >= 0.3 is 11.9 Å². The topological polar surface area (TPSA) is 91.3 Å². The number of esters is 1. The minimum absolute atomic E-state index is 0.0186. The monoisotopic (exact) mass is 560 g/mol. The lowest BCUT2D eigenvalue weighted by atomic mass is 9.83. The highest BCUT2D eigenvalue weighted by Gasteiger charge is 2.43. The molecule has 4 atom stereocenters. The molecule has 210 valence electrons. The van der Waals surface area contributed by atoms with Gasteiger partial charge in [0, 0.05) is 13.0 Å². The van der Waals surface area contributed by atoms with E-state index < -0.39 is 48.7 Å². The maximum Gasteiger partial charge on any atom is 0.310 e. The van der Waals surface area contributed by atoms with E-state index in [-0.39, 0.29) is 18.1 Å². The number of carboxylic acids is 1. The molecule has 0 aromatic rings. The minimum atomic E-state index is -2.15. The number of hydrogen-bond donors (Lipinski definition) is 1. The second-order valence-corrected chi connectivity index (χ2v) is 24.4. The van der Waals surface area contributed by atoms with Gasteiger partial charge in [-0.15, -0.1) is 0 Å². The van der Waals surface area contributed by atoms with E-state index in [0.29, 0.717) is 25.9 Å². The van der Waals surface area contributed by atoms with Crippen LogP contribution < -0.4 is 0 Å². The number of carbonyl (C=O) groups excluding carboxylic acids is 1. The molecule has 0 saturated carbocycles. The van der Waals surface area contributed by atoms with Crippen molar-refractivity contribution in [2.45, 2.75) is 116 Å². The molecule has 0 aromatic carbocycles. The van der Waals surface area contributed by atoms with Crippen LogP contribution in [0.4, 0.5) is 0 Å². The molecule has 7 nitrogen and oxygen atoms in total. The second-order valence-electron chi connectivity index (χ2n) is 11.7. The van der Waals surface area contributed by atoms with Gasteiger partial charge in [0.2, 0.25) is 16.6 Å². The summed E-state index contributed by atoms with van der Waals surface area (Å²) in [4.78, 5) is 23.8. The van der Waals surface area contributed by atoms with Crippen molar-refractivity contribution >= 4 is 36.9 Å². The number of allylic oxidation sites excluding steroid dienone is 2. The number of hydrogen-bond acceptors (Lipinski definition) is 6. The molecule has 0 aromatic heterocycles. The Balaban J connectivity index is 2.53. The van der Waals surface area contributed by atoms with Crippen LogP contribution in [0.3, 0.4) is 0 Å². The van der Waals surface area contributed by atoms with Gasteiger partial charge in [-0.05, 0) is 71.5 Å². The molecule has 0 aliphatic heterocycles. The van der Waals surface area contributed by atoms with Crippen LogP contribution in [0.25, 0.3) is 0 Å². The minimum Gasteiger partial charge on any atom is -0.481 e. The van der Waals surface area contributed by atoms with E-state index in [9.17, 15) is 14.7 Å². The van der Waals surface area contributed by atoms with Gasteiger partial charge in [0.25, 0.3) is 0 Å². The molecule has 0 fully saturated rings. The Hall–Kier alpha value is -0.789. The average Bonchev–Trinajstić information content (AvgIpc) is 2.80. The summed E-state index contributed by atoms with van der Waals surface area (Å²) >= 11 is 0. The summed E-state index contributed by atoms with van der Waals surface area (Å²) in [5, 5.41) is 9.36. The second kappa shape index (κ2) is 15.0. The largest absolute Gasteiger partial charge is 0.481 e. The lowest BCUT2D eigenvalue weighted by molar-refractivity contribution is -0.158. The Bertz CT molecular complexity index is 724. The molecule has 4 unspecified atom stereocenters. The van der Waals surface area contributed by atoms with Gasteiger partial charge < -0.3 is 23.1 Å². The number of carboxylic acid groups (broad SMARTS) is 1. The molecule has 10 heteroatoms. The summed E-state index contributed by atoms with van der Waals surface area (Å²) in [5.41, 5.74) is 0.192. The molecule has 0 spiro atoms. The Labute approximate surface area is 222 Å². The van der Waals surface area contributed by atoms with Crippen LogP contribution in [-0.2, 0) is 27.6 Å². The molecule has 1 N–H and O–H groups in total. The molecule has 1 aliphatic carbocycles. The third kappa shape index (κ3) is 10.9. The van der Waals surface area contributed by atoms with Gasteiger partial charge in [0.05, 0.1) is 29.9 Å². The van der Waals surface area contributed by atoms with Crippen molar-refractivity contribution in [1.82, 2.24) is 0 Å². The van der Waals surface area contributed by atoms with Crippen LogP contribution in [0.5, 0.6) is 0 Å². The van der Waals surface area contributed by atoms with Crippen LogP contribution in [0.1, 0.15) is 59.3 Å². The third-order valence-electron chi connectivity index (χ3n) is 7.26. The van der Waals surface area contributed by atoms with E-state index >= 15 is 0 Å². The smallest absolute Gasteiger partial charge is 0.310 e. The van der Waals surface area contributed by atoms with Crippen molar-refractivity contribution in [1.29, 1.82) is 0 Å². The Kier molecular flexibility index (Phi) is 13.8. The lowest BCUT2D eigenvalue weighted by Gasteiger charge is -2.41. The first-order valence-corrected chi connectivity index (χ1v) is 22.8. The van der Waals surface area contributed by atoms with E-state index in [4.69, 9.17) is 18.0 Å². The van der Waals surface area contributed by atoms with Crippen molar-refractivity contribution in [2.75, 3.05) is 13.2 Å². The molecule has 0 radical (unpaired) electrons. The summed E-state index contributed by atoms with van der Waals surface area (Å²) in [6, 6.07) is 1.18. The van der Waals surface area contributed by atoms with Crippen molar-refractivity contribution in [3.05, 3.63) is 12.2 Å². The number of unbranched alkanes of at least 4 members (excludes halogenated alkanes) is 1. The maximum absolute atomic E-state index is 12.4. The SMILES string of the molecule is CCCC[Si](C)(C)OC(CC)[Si](C)(C)OC(C)[Si](C)(C)OCCCOC(=O)C1CC=CCC1C(=O)O. The van der Waals surface area contributed by atoms with Gasteiger partial charge in [-0.3, -0.25) is 9.59 Å². The molecular weight excluding hydrogens is 509 g/mol. The van der Waals surface area contributed by atoms with E-state index in [1.54, 1.807) is 0 Å². The molecule has 0 heterocycles. The molecule has 0 amide bonds. The van der Waals surface area contributed by atoms with Crippen LogP contribution in [0.2, 0.25) is 45.3 Å². The van der Waals surface area contributed by atoms with E-state index in [1.165, 1.54) is 18.9 Å². The van der Waals surface area contributed by atoms with Gasteiger partial charge in [0.15, 0.2) is 8.32 Å². The van der Waals surface area contributed by atoms with Crippen LogP contribution in [-0.4, -0.2) is 66.7 Å². The van der Waals surface area contributed by atoms with Crippen LogP contribution in [0, 0.1) is 11.8 Å². The number of aliphatic carboxylic acids is 1. The standard InChI is InChI=1S/C26H52O7Si3/c1-10-12-20-34(4,5)33-24(11-2)36(8,9)32-21(3)35(6,7)31-19-15-18-30-26(29)23-17-14-13-16-22(23)25(27)28/h13-14,21-24H,10-12,15-20H2,1-9H3,(H,27,28). The Morgan fingerprint density at radius 2 is 1.53 bits per heavy atom. The zero-order valence-electron chi connectivity index (χ0n) is 24.2. The first kappa shape index (κ1) is 33.2. The van der Waals surface area contributed by atoms with Crippen molar-refractivity contribution < 1.29 is 32.7 Å². The fourth-order valence-electron chi connectivity index (χ4n) is 4.58. The average molecular weight is 561 g/mol. The molecule has 0 bridgehead atoms. The van der Waals surface area contributed by atoms with Gasteiger partial charge in [-0.25, -0.2) is 0 Å². The van der Waals surface area contributed by atoms with Gasteiger partial charge in [-0.2, -0.15) is 0 Å². The van der Waals surface area contributed by atoms with Crippen LogP contribution in [0.15, 0.2) is 12.2 Å². The highest BCUT2D eigenvalue weighted by Crippen LogP contribution is 2.29. The number of carbonyl (C=O) groups is 2. The summed E-state index contributed by atoms with van der Waals surface area (Å²) in [6.07, 6.45) is 8.42. The molecule has 36 heavy (non-hydrogen) atoms. The molecule has 0 saturated heterocycles. The van der Waals surface area contributed by atoms with Crippen molar-refractivity contribution in [2.24, 2.45) is 11.8 Å². The van der Waals surface area contributed by atoms with E-state index in [0.717, 1.165) is 6.42 Å². The predicted molar refractivity (Wildman–Crippen MR) is 152 cm³/mol. The Morgan fingerprint density at radius 3 is 2.08 bits per heavy atom. The summed E-state index contributed by atoms with van der Waals surface area (Å²) in [5.74, 6) is -2.68. The summed E-state index contributed by atoms with van der Waals surface area (Å²) in [6.45, 7) is 20.8. The van der Waals surface area contributed by atoms with Crippen LogP contribution >= 0.6 is 0 Å². The first-order chi connectivity index (χ1) is 16.7. The van der Waals surface area contributed by atoms with Crippen molar-refractivity contribution in [3.63, 3.8) is 0 Å². The normalized spacial score (nSPS) is 20.7.